The fraction of sp³-hybridized carbons (Fsp3) is 0.133. The fourth-order valence-corrected chi connectivity index (χ4v) is 2.41. The van der Waals surface area contributed by atoms with Crippen LogP contribution in [0.25, 0.3) is 0 Å². The Labute approximate surface area is 132 Å². The molecule has 0 aliphatic heterocycles. The lowest BCUT2D eigenvalue weighted by molar-refractivity contribution is 0.200. The number of urea groups is 1. The van der Waals surface area contributed by atoms with E-state index >= 15 is 0 Å². The molecule has 0 radical (unpaired) electrons. The number of carbonyl (C=O) groups is 1. The fourth-order valence-electron chi connectivity index (χ4n) is 1.89. The molecule has 1 unspecified atom stereocenters. The van der Waals surface area contributed by atoms with Gasteiger partial charge in [-0.05, 0) is 31.2 Å². The minimum absolute atomic E-state index is 0.433. The Kier molecular flexibility index (Phi) is 5.07. The molecule has 21 heavy (non-hydrogen) atoms. The number of carbonyl (C=O) groups excluding carboxylic acids is 1. The van der Waals surface area contributed by atoms with Gasteiger partial charge in [0.2, 0.25) is 0 Å². The van der Waals surface area contributed by atoms with E-state index in [0.717, 1.165) is 0 Å². The lowest BCUT2D eigenvalue weighted by atomic mass is 10.1. The maximum absolute atomic E-state index is 12.0. The van der Waals surface area contributed by atoms with Crippen molar-refractivity contribution in [2.75, 3.05) is 10.6 Å². The van der Waals surface area contributed by atoms with E-state index < -0.39 is 12.1 Å². The van der Waals surface area contributed by atoms with E-state index in [2.05, 4.69) is 10.6 Å². The van der Waals surface area contributed by atoms with E-state index in [9.17, 15) is 9.90 Å². The van der Waals surface area contributed by atoms with Crippen LogP contribution in [0, 0.1) is 0 Å². The number of rotatable bonds is 3. The van der Waals surface area contributed by atoms with Crippen molar-refractivity contribution in [3.8, 4) is 0 Å². The molecule has 3 N–H and O–H groups in total. The van der Waals surface area contributed by atoms with Crippen LogP contribution in [0.1, 0.15) is 18.6 Å². The third-order valence-corrected chi connectivity index (χ3v) is 3.22. The molecule has 0 saturated heterocycles. The van der Waals surface area contributed by atoms with Gasteiger partial charge in [-0.2, -0.15) is 0 Å². The zero-order valence-electron chi connectivity index (χ0n) is 11.2. The summed E-state index contributed by atoms with van der Waals surface area (Å²) in [5.74, 6) is 0. The second-order valence-corrected chi connectivity index (χ2v) is 5.37. The van der Waals surface area contributed by atoms with E-state index in [1.54, 1.807) is 49.4 Å². The first-order chi connectivity index (χ1) is 9.95. The number of hydrogen-bond donors (Lipinski definition) is 3. The van der Waals surface area contributed by atoms with Gasteiger partial charge in [0.15, 0.2) is 0 Å². The highest BCUT2D eigenvalue weighted by Crippen LogP contribution is 2.24. The van der Waals surface area contributed by atoms with E-state index in [1.165, 1.54) is 0 Å². The van der Waals surface area contributed by atoms with Crippen molar-refractivity contribution in [2.24, 2.45) is 0 Å². The highest BCUT2D eigenvalue weighted by atomic mass is 35.5. The molecule has 0 aliphatic rings. The standard InChI is InChI=1S/C15H14Cl2N2O2/c1-9(20)13-4-2-3-5-14(13)19-15(21)18-12-7-10(16)6-11(17)8-12/h2-9,20H,1H3,(H2,18,19,21). The maximum Gasteiger partial charge on any atom is 0.323 e. The van der Waals surface area contributed by atoms with Crippen molar-refractivity contribution in [2.45, 2.75) is 13.0 Å². The van der Waals surface area contributed by atoms with Gasteiger partial charge in [-0.1, -0.05) is 41.4 Å². The smallest absolute Gasteiger partial charge is 0.323 e. The summed E-state index contributed by atoms with van der Waals surface area (Å²) >= 11 is 11.7. The van der Waals surface area contributed by atoms with Crippen LogP contribution in [0.3, 0.4) is 0 Å². The van der Waals surface area contributed by atoms with E-state index in [0.29, 0.717) is 27.0 Å². The van der Waals surface area contributed by atoms with Crippen molar-refractivity contribution in [3.05, 3.63) is 58.1 Å². The van der Waals surface area contributed by atoms with Crippen LogP contribution in [0.5, 0.6) is 0 Å². The third kappa shape index (κ3) is 4.36. The molecule has 1 atom stereocenters. The number of para-hydroxylation sites is 1. The van der Waals surface area contributed by atoms with Crippen LogP contribution >= 0.6 is 23.2 Å². The lowest BCUT2D eigenvalue weighted by Crippen LogP contribution is -2.20. The summed E-state index contributed by atoms with van der Waals surface area (Å²) in [6.45, 7) is 1.63. The predicted molar refractivity (Wildman–Crippen MR) is 86.2 cm³/mol. The number of aliphatic hydroxyl groups excluding tert-OH is 1. The molecule has 110 valence electrons. The summed E-state index contributed by atoms with van der Waals surface area (Å²) < 4.78 is 0. The Balaban J connectivity index is 2.12. The number of benzene rings is 2. The summed E-state index contributed by atoms with van der Waals surface area (Å²) in [4.78, 5) is 12.0. The summed E-state index contributed by atoms with van der Waals surface area (Å²) in [5, 5.41) is 15.9. The van der Waals surface area contributed by atoms with Crippen molar-refractivity contribution >= 4 is 40.6 Å². The molecule has 2 rings (SSSR count). The Morgan fingerprint density at radius 1 is 1.10 bits per heavy atom. The minimum atomic E-state index is -0.679. The maximum atomic E-state index is 12.0. The molecule has 0 saturated carbocycles. The Bertz CT molecular complexity index is 640. The summed E-state index contributed by atoms with van der Waals surface area (Å²) in [6, 6.07) is 11.3. The van der Waals surface area contributed by atoms with Gasteiger partial charge in [0.05, 0.1) is 6.10 Å². The van der Waals surface area contributed by atoms with Crippen LogP contribution in [-0.4, -0.2) is 11.1 Å². The topological polar surface area (TPSA) is 61.4 Å². The zero-order valence-corrected chi connectivity index (χ0v) is 12.7. The van der Waals surface area contributed by atoms with Crippen LogP contribution in [-0.2, 0) is 0 Å². The first-order valence-electron chi connectivity index (χ1n) is 6.27. The van der Waals surface area contributed by atoms with Gasteiger partial charge in [-0.3, -0.25) is 0 Å². The molecule has 2 aromatic carbocycles. The van der Waals surface area contributed by atoms with E-state index in [1.807, 2.05) is 0 Å². The average Bonchev–Trinajstić information content (AvgIpc) is 2.37. The Morgan fingerprint density at radius 2 is 1.71 bits per heavy atom. The second kappa shape index (κ2) is 6.80. The molecule has 6 heteroatoms. The van der Waals surface area contributed by atoms with Gasteiger partial charge in [-0.15, -0.1) is 0 Å². The van der Waals surface area contributed by atoms with Gasteiger partial charge in [0.1, 0.15) is 0 Å². The number of halogens is 2. The second-order valence-electron chi connectivity index (χ2n) is 4.50. The van der Waals surface area contributed by atoms with Crippen molar-refractivity contribution < 1.29 is 9.90 Å². The van der Waals surface area contributed by atoms with Crippen molar-refractivity contribution in [1.82, 2.24) is 0 Å². The summed E-state index contributed by atoms with van der Waals surface area (Å²) in [7, 11) is 0. The monoisotopic (exact) mass is 324 g/mol. The van der Waals surface area contributed by atoms with Gasteiger partial charge < -0.3 is 15.7 Å². The van der Waals surface area contributed by atoms with Crippen LogP contribution < -0.4 is 10.6 Å². The third-order valence-electron chi connectivity index (χ3n) is 2.78. The van der Waals surface area contributed by atoms with E-state index in [-0.39, 0.29) is 0 Å². The van der Waals surface area contributed by atoms with Gasteiger partial charge >= 0.3 is 6.03 Å². The minimum Gasteiger partial charge on any atom is -0.389 e. The van der Waals surface area contributed by atoms with Gasteiger partial charge in [0, 0.05) is 27.0 Å². The highest BCUT2D eigenvalue weighted by molar-refractivity contribution is 6.35. The van der Waals surface area contributed by atoms with E-state index in [4.69, 9.17) is 23.2 Å². The molecule has 0 aromatic heterocycles. The molecule has 0 spiro atoms. The predicted octanol–water partition coefficient (Wildman–Crippen LogP) is 4.69. The molecule has 0 heterocycles. The molecular weight excluding hydrogens is 311 g/mol. The first kappa shape index (κ1) is 15.6. The Morgan fingerprint density at radius 3 is 2.33 bits per heavy atom. The molecule has 0 fully saturated rings. The molecule has 2 amide bonds. The van der Waals surface area contributed by atoms with Crippen LogP contribution in [0.2, 0.25) is 10.0 Å². The lowest BCUT2D eigenvalue weighted by Gasteiger charge is -2.13. The van der Waals surface area contributed by atoms with Gasteiger partial charge in [-0.25, -0.2) is 4.79 Å². The zero-order chi connectivity index (χ0) is 15.4. The SMILES string of the molecule is CC(O)c1ccccc1NC(=O)Nc1cc(Cl)cc(Cl)c1. The van der Waals surface area contributed by atoms with Crippen molar-refractivity contribution in [3.63, 3.8) is 0 Å². The molecule has 2 aromatic rings. The average molecular weight is 325 g/mol. The number of amides is 2. The number of hydrogen-bond acceptors (Lipinski definition) is 2. The van der Waals surface area contributed by atoms with Crippen LogP contribution in [0.15, 0.2) is 42.5 Å². The number of anilines is 2. The first-order valence-corrected chi connectivity index (χ1v) is 7.02. The number of aliphatic hydroxyl groups is 1. The van der Waals surface area contributed by atoms with Gasteiger partial charge in [0.25, 0.3) is 0 Å². The normalized spacial score (nSPS) is 11.8. The highest BCUT2D eigenvalue weighted by Gasteiger charge is 2.10. The molecule has 4 nitrogen and oxygen atoms in total. The largest absolute Gasteiger partial charge is 0.389 e. The van der Waals surface area contributed by atoms with Crippen LogP contribution in [0.4, 0.5) is 16.2 Å². The molecule has 0 aliphatic carbocycles. The van der Waals surface area contributed by atoms with Crippen molar-refractivity contribution in [1.29, 1.82) is 0 Å². The Hall–Kier alpha value is -1.75. The quantitative estimate of drug-likeness (QED) is 0.766. The molecule has 0 bridgehead atoms. The summed E-state index contributed by atoms with van der Waals surface area (Å²) in [6.07, 6.45) is -0.679. The summed E-state index contributed by atoms with van der Waals surface area (Å²) in [5.41, 5.74) is 1.66. The molecular formula is C15H14Cl2N2O2. The number of nitrogens with one attached hydrogen (secondary N) is 2.